The third kappa shape index (κ3) is 4.23. The number of halogens is 7. The fourth-order valence-electron chi connectivity index (χ4n) is 4.40. The number of rotatable bonds is 6. The predicted octanol–water partition coefficient (Wildman–Crippen LogP) is 4.83. The molecule has 2 aliphatic rings. The molecular formula is C23H16F7N9. The Morgan fingerprint density at radius 2 is 1.64 bits per heavy atom. The van der Waals surface area contributed by atoms with Crippen LogP contribution in [0.2, 0.25) is 0 Å². The van der Waals surface area contributed by atoms with Crippen molar-refractivity contribution in [3.63, 3.8) is 0 Å². The van der Waals surface area contributed by atoms with E-state index in [1.54, 1.807) is 6.07 Å². The van der Waals surface area contributed by atoms with Crippen LogP contribution in [0.15, 0.2) is 58.9 Å². The molecule has 0 saturated carbocycles. The Bertz CT molecular complexity index is 1580. The zero-order valence-corrected chi connectivity index (χ0v) is 19.6. The van der Waals surface area contributed by atoms with E-state index in [4.69, 9.17) is 0 Å². The van der Waals surface area contributed by atoms with Gasteiger partial charge in [0.1, 0.15) is 6.54 Å². The lowest BCUT2D eigenvalue weighted by molar-refractivity contribution is -0.166. The number of aromatic nitrogens is 6. The van der Waals surface area contributed by atoms with Crippen molar-refractivity contribution in [3.8, 4) is 0 Å². The van der Waals surface area contributed by atoms with Crippen molar-refractivity contribution in [2.24, 2.45) is 10.2 Å². The summed E-state index contributed by atoms with van der Waals surface area (Å²) in [4.78, 5) is 13.8. The van der Waals surface area contributed by atoms with Gasteiger partial charge in [0.05, 0.1) is 12.2 Å². The van der Waals surface area contributed by atoms with Gasteiger partial charge in [-0.3, -0.25) is 4.98 Å². The van der Waals surface area contributed by atoms with Crippen molar-refractivity contribution in [2.45, 2.75) is 36.6 Å². The lowest BCUT2D eigenvalue weighted by Crippen LogP contribution is -2.32. The Morgan fingerprint density at radius 1 is 0.897 bits per heavy atom. The predicted molar refractivity (Wildman–Crippen MR) is 120 cm³/mol. The number of hydrogen-bond acceptors (Lipinski definition) is 8. The Labute approximate surface area is 214 Å². The molecule has 0 spiro atoms. The quantitative estimate of drug-likeness (QED) is 0.319. The fourth-order valence-corrected chi connectivity index (χ4v) is 4.40. The van der Waals surface area contributed by atoms with E-state index in [0.29, 0.717) is 0 Å². The lowest BCUT2D eigenvalue weighted by atomic mass is 10.0. The minimum absolute atomic E-state index is 0.128. The second-order valence-corrected chi connectivity index (χ2v) is 9.11. The molecule has 0 amide bonds. The van der Waals surface area contributed by atoms with Crippen LogP contribution < -0.4 is 4.90 Å². The first-order valence-corrected chi connectivity index (χ1v) is 11.5. The van der Waals surface area contributed by atoms with E-state index in [9.17, 15) is 22.0 Å². The van der Waals surface area contributed by atoms with Gasteiger partial charge in [0.25, 0.3) is 5.92 Å². The van der Waals surface area contributed by atoms with Crippen LogP contribution in [0, 0.1) is 0 Å². The first-order chi connectivity index (χ1) is 18.4. The van der Waals surface area contributed by atoms with Crippen LogP contribution in [-0.2, 0) is 18.1 Å². The zero-order chi connectivity index (χ0) is 27.6. The molecule has 0 aliphatic carbocycles. The zero-order valence-electron chi connectivity index (χ0n) is 19.6. The van der Waals surface area contributed by atoms with E-state index in [0.717, 1.165) is 15.8 Å². The molecule has 0 radical (unpaired) electrons. The monoisotopic (exact) mass is 551 g/mol. The van der Waals surface area contributed by atoms with E-state index in [1.807, 2.05) is 0 Å². The number of alkyl halides is 7. The summed E-state index contributed by atoms with van der Waals surface area (Å²) in [5.41, 5.74) is -4.17. The molecule has 1 saturated heterocycles. The highest BCUT2D eigenvalue weighted by atomic mass is 19.4. The topological polar surface area (TPSA) is 97.3 Å². The summed E-state index contributed by atoms with van der Waals surface area (Å²) in [7, 11) is 0. The second-order valence-electron chi connectivity index (χ2n) is 9.11. The van der Waals surface area contributed by atoms with Gasteiger partial charge in [-0.05, 0) is 6.07 Å². The molecule has 0 unspecified atom stereocenters. The average molecular weight is 551 g/mol. The molecular weight excluding hydrogens is 535 g/mol. The van der Waals surface area contributed by atoms with Gasteiger partial charge in [-0.25, -0.2) is 18.7 Å². The van der Waals surface area contributed by atoms with Crippen molar-refractivity contribution in [1.82, 2.24) is 29.9 Å². The average Bonchev–Trinajstić information content (AvgIpc) is 3.50. The molecule has 39 heavy (non-hydrogen) atoms. The lowest BCUT2D eigenvalue weighted by Gasteiger charge is -2.20. The molecule has 4 aromatic rings. The maximum Gasteiger partial charge on any atom is 0.442 e. The Balaban J connectivity index is 1.44. The van der Waals surface area contributed by atoms with Gasteiger partial charge in [0.2, 0.25) is 11.5 Å². The Hall–Kier alpha value is -4.24. The van der Waals surface area contributed by atoms with Crippen molar-refractivity contribution >= 4 is 17.0 Å². The highest BCUT2D eigenvalue weighted by Gasteiger charge is 2.66. The van der Waals surface area contributed by atoms with E-state index < -0.39 is 54.6 Å². The maximum atomic E-state index is 15.4. The highest BCUT2D eigenvalue weighted by molar-refractivity contribution is 5.83. The largest absolute Gasteiger partial charge is 0.442 e. The van der Waals surface area contributed by atoms with E-state index in [-0.39, 0.29) is 34.8 Å². The third-order valence-corrected chi connectivity index (χ3v) is 6.41. The van der Waals surface area contributed by atoms with Crippen LogP contribution in [0.4, 0.5) is 36.6 Å². The van der Waals surface area contributed by atoms with Crippen LogP contribution in [0.5, 0.6) is 0 Å². The summed E-state index contributed by atoms with van der Waals surface area (Å²) >= 11 is 0. The molecule has 1 fully saturated rings. The van der Waals surface area contributed by atoms with Gasteiger partial charge in [0.15, 0.2) is 11.3 Å². The number of pyridine rings is 1. The van der Waals surface area contributed by atoms with Gasteiger partial charge in [-0.2, -0.15) is 26.7 Å². The molecule has 2 aliphatic heterocycles. The van der Waals surface area contributed by atoms with E-state index >= 15 is 8.78 Å². The molecule has 0 N–H and O–H groups in total. The molecule has 0 bridgehead atoms. The molecule has 16 heteroatoms. The van der Waals surface area contributed by atoms with Gasteiger partial charge in [0, 0.05) is 30.3 Å². The van der Waals surface area contributed by atoms with E-state index in [2.05, 4.69) is 35.4 Å². The van der Waals surface area contributed by atoms with Gasteiger partial charge < -0.3 is 4.90 Å². The number of anilines is 1. The van der Waals surface area contributed by atoms with Crippen molar-refractivity contribution in [3.05, 3.63) is 71.3 Å². The maximum absolute atomic E-state index is 15.4. The first-order valence-electron chi connectivity index (χ1n) is 11.5. The standard InChI is InChI=1S/C23H16F7N9/c24-20(25)8-10-38(12-20)18-16-17(32-19(33-18)21(26,27)13-5-2-1-3-6-13)35-39(34-16)11-15-14(7-4-9-31-15)22(36-37-22)23(28,29)30/h1-7,9H,8,10-12H2. The summed E-state index contributed by atoms with van der Waals surface area (Å²) in [6.07, 6.45) is -4.09. The van der Waals surface area contributed by atoms with Crippen molar-refractivity contribution in [1.29, 1.82) is 0 Å². The smallest absolute Gasteiger partial charge is 0.348 e. The third-order valence-electron chi connectivity index (χ3n) is 6.41. The van der Waals surface area contributed by atoms with Crippen LogP contribution in [0.3, 0.4) is 0 Å². The molecule has 1 aromatic carbocycles. The minimum Gasteiger partial charge on any atom is -0.348 e. The summed E-state index contributed by atoms with van der Waals surface area (Å²) in [6.45, 7) is -1.41. The molecule has 5 heterocycles. The van der Waals surface area contributed by atoms with Gasteiger partial charge in [-0.1, -0.05) is 36.4 Å². The van der Waals surface area contributed by atoms with Crippen LogP contribution in [-0.4, -0.2) is 55.1 Å². The summed E-state index contributed by atoms with van der Waals surface area (Å²) in [5, 5.41) is 14.6. The van der Waals surface area contributed by atoms with Crippen LogP contribution in [0.1, 0.15) is 29.1 Å². The molecule has 202 valence electrons. The Morgan fingerprint density at radius 3 is 2.28 bits per heavy atom. The molecule has 3 aromatic heterocycles. The number of nitrogens with zero attached hydrogens (tertiary/aromatic N) is 9. The van der Waals surface area contributed by atoms with Crippen LogP contribution in [0.25, 0.3) is 11.2 Å². The van der Waals surface area contributed by atoms with Crippen LogP contribution >= 0.6 is 0 Å². The number of hydrogen-bond donors (Lipinski definition) is 0. The number of fused-ring (bicyclic) bond motifs is 1. The highest BCUT2D eigenvalue weighted by Crippen LogP contribution is 2.53. The summed E-state index contributed by atoms with van der Waals surface area (Å²) in [5.74, 6) is -8.06. The van der Waals surface area contributed by atoms with Gasteiger partial charge >= 0.3 is 17.8 Å². The summed E-state index contributed by atoms with van der Waals surface area (Å²) < 4.78 is 99.8. The fraction of sp³-hybridized carbons (Fsp3) is 0.348. The summed E-state index contributed by atoms with van der Waals surface area (Å²) in [6, 6.07) is 9.13. The molecule has 6 rings (SSSR count). The Kier molecular flexibility index (Phi) is 5.38. The second kappa shape index (κ2) is 8.38. The van der Waals surface area contributed by atoms with Gasteiger partial charge in [-0.15, -0.1) is 20.4 Å². The molecule has 0 atom stereocenters. The minimum atomic E-state index is -4.81. The normalized spacial score (nSPS) is 18.2. The van der Waals surface area contributed by atoms with Crippen molar-refractivity contribution in [2.75, 3.05) is 18.0 Å². The first kappa shape index (κ1) is 25.1. The number of benzene rings is 1. The molecule has 9 nitrogen and oxygen atoms in total. The van der Waals surface area contributed by atoms with Crippen molar-refractivity contribution < 1.29 is 30.7 Å². The SMILES string of the molecule is FC1(F)CCN(c2nc(C(F)(F)c3ccccc3)nc3nn(Cc4ncccc4C4(C(F)(F)F)N=N4)nc23)C1. The van der Waals surface area contributed by atoms with E-state index in [1.165, 1.54) is 36.5 Å².